The molecular weight excluding hydrogens is 602 g/mol. The predicted octanol–water partition coefficient (Wildman–Crippen LogP) is 7.34. The molecule has 0 radical (unpaired) electrons. The summed E-state index contributed by atoms with van der Waals surface area (Å²) in [4.78, 5) is 46.3. The van der Waals surface area contributed by atoms with Gasteiger partial charge in [0, 0.05) is 24.7 Å². The number of hydrogen-bond donors (Lipinski definition) is 1. The second-order valence-corrected chi connectivity index (χ2v) is 12.2. The standard InChI is InChI=1S/C39H37N5O4/c1-43(36(45)23-28-12-8-9-13-28)32-20-21-35-34(24-32)41-39(42-37(46)30-18-16-29(25-40)17-19-30)44(35)33(22-27-10-4-2-5-11-27)26-48-38(47)31-14-6-3-7-15-31/h2-7,10-11,14-21,24,28,33H,8-9,12-13,22-23,26H2,1H3,(H,41,42,46)/t33-/m0/s1. The number of nitrogens with one attached hydrogen (secondary N) is 1. The second-order valence-electron chi connectivity index (χ2n) is 12.2. The number of fused-ring (bicyclic) bond motifs is 1. The van der Waals surface area contributed by atoms with Gasteiger partial charge in [-0.1, -0.05) is 61.4 Å². The van der Waals surface area contributed by atoms with Gasteiger partial charge in [-0.25, -0.2) is 9.78 Å². The van der Waals surface area contributed by atoms with Crippen LogP contribution in [0.15, 0.2) is 103 Å². The van der Waals surface area contributed by atoms with E-state index in [9.17, 15) is 19.6 Å². The van der Waals surface area contributed by atoms with Crippen molar-refractivity contribution in [3.05, 3.63) is 125 Å². The number of aromatic nitrogens is 2. The third kappa shape index (κ3) is 7.45. The van der Waals surface area contributed by atoms with E-state index in [1.54, 1.807) is 60.5 Å². The number of ether oxygens (including phenoxy) is 1. The molecular formula is C39H37N5O4. The van der Waals surface area contributed by atoms with E-state index in [4.69, 9.17) is 9.72 Å². The summed E-state index contributed by atoms with van der Waals surface area (Å²) < 4.78 is 7.77. The van der Waals surface area contributed by atoms with Crippen molar-refractivity contribution in [2.45, 2.75) is 44.6 Å². The van der Waals surface area contributed by atoms with Gasteiger partial charge in [-0.2, -0.15) is 5.26 Å². The van der Waals surface area contributed by atoms with Crippen LogP contribution in [0.5, 0.6) is 0 Å². The third-order valence-corrected chi connectivity index (χ3v) is 8.97. The van der Waals surface area contributed by atoms with E-state index < -0.39 is 17.9 Å². The summed E-state index contributed by atoms with van der Waals surface area (Å²) in [6.07, 6.45) is 5.52. The molecule has 1 N–H and O–H groups in total. The van der Waals surface area contributed by atoms with Crippen LogP contribution in [0.1, 0.15) is 70.0 Å². The lowest BCUT2D eigenvalue weighted by Gasteiger charge is -2.23. The minimum atomic E-state index is -0.453. The number of rotatable bonds is 11. The van der Waals surface area contributed by atoms with Crippen LogP contribution in [0.4, 0.5) is 11.6 Å². The molecule has 4 aromatic carbocycles. The van der Waals surface area contributed by atoms with Crippen molar-refractivity contribution >= 4 is 40.5 Å². The molecule has 9 nitrogen and oxygen atoms in total. The molecule has 0 unspecified atom stereocenters. The normalized spacial score (nSPS) is 13.5. The summed E-state index contributed by atoms with van der Waals surface area (Å²) in [6.45, 7) is 0.00927. The first-order valence-corrected chi connectivity index (χ1v) is 16.3. The van der Waals surface area contributed by atoms with Gasteiger partial charge in [-0.05, 0) is 85.3 Å². The van der Waals surface area contributed by atoms with Crippen molar-refractivity contribution in [2.75, 3.05) is 23.9 Å². The maximum absolute atomic E-state index is 13.5. The Hall–Kier alpha value is -5.75. The number of amides is 2. The van der Waals surface area contributed by atoms with E-state index in [0.717, 1.165) is 18.4 Å². The quantitative estimate of drug-likeness (QED) is 0.151. The zero-order valence-corrected chi connectivity index (χ0v) is 26.8. The number of carbonyl (C=O) groups excluding carboxylic acids is 3. The van der Waals surface area contributed by atoms with Gasteiger partial charge in [-0.3, -0.25) is 14.9 Å². The molecule has 9 heteroatoms. The number of carbonyl (C=O) groups is 3. The second kappa shape index (κ2) is 14.8. The molecule has 5 aromatic rings. The Morgan fingerprint density at radius 1 is 0.938 bits per heavy atom. The Morgan fingerprint density at radius 2 is 1.62 bits per heavy atom. The van der Waals surface area contributed by atoms with Crippen molar-refractivity contribution < 1.29 is 19.1 Å². The molecule has 1 saturated carbocycles. The van der Waals surface area contributed by atoms with Crippen LogP contribution in [0.25, 0.3) is 11.0 Å². The monoisotopic (exact) mass is 639 g/mol. The number of hydrogen-bond acceptors (Lipinski definition) is 6. The number of esters is 1. The Balaban J connectivity index is 1.37. The van der Waals surface area contributed by atoms with Crippen LogP contribution in [-0.4, -0.2) is 41.0 Å². The molecule has 0 spiro atoms. The summed E-state index contributed by atoms with van der Waals surface area (Å²) in [5.74, 6) is -0.104. The van der Waals surface area contributed by atoms with E-state index in [1.165, 1.54) is 12.8 Å². The van der Waals surface area contributed by atoms with Gasteiger partial charge in [0.25, 0.3) is 5.91 Å². The van der Waals surface area contributed by atoms with Crippen molar-refractivity contribution in [3.8, 4) is 6.07 Å². The van der Waals surface area contributed by atoms with Gasteiger partial charge < -0.3 is 14.2 Å². The van der Waals surface area contributed by atoms with Crippen molar-refractivity contribution in [1.29, 1.82) is 5.26 Å². The van der Waals surface area contributed by atoms with Crippen molar-refractivity contribution in [1.82, 2.24) is 9.55 Å². The van der Waals surface area contributed by atoms with Crippen LogP contribution in [0, 0.1) is 17.2 Å². The van der Waals surface area contributed by atoms with E-state index >= 15 is 0 Å². The molecule has 0 saturated heterocycles. The van der Waals surface area contributed by atoms with Gasteiger partial charge in [0.2, 0.25) is 11.9 Å². The highest BCUT2D eigenvalue weighted by molar-refractivity contribution is 6.04. The van der Waals surface area contributed by atoms with E-state index in [-0.39, 0.29) is 18.5 Å². The number of benzene rings is 4. The molecule has 1 aliphatic rings. The van der Waals surface area contributed by atoms with E-state index in [1.807, 2.05) is 59.2 Å². The maximum atomic E-state index is 13.5. The summed E-state index contributed by atoms with van der Waals surface area (Å²) in [6, 6.07) is 32.3. The molecule has 1 aromatic heterocycles. The lowest BCUT2D eigenvalue weighted by atomic mass is 10.0. The molecule has 0 bridgehead atoms. The average molecular weight is 640 g/mol. The number of anilines is 2. The molecule has 0 aliphatic heterocycles. The third-order valence-electron chi connectivity index (χ3n) is 8.97. The fourth-order valence-electron chi connectivity index (χ4n) is 6.31. The predicted molar refractivity (Wildman–Crippen MR) is 185 cm³/mol. The van der Waals surface area contributed by atoms with E-state index in [0.29, 0.717) is 52.2 Å². The molecule has 1 fully saturated rings. The zero-order valence-electron chi connectivity index (χ0n) is 26.8. The van der Waals surface area contributed by atoms with Crippen molar-refractivity contribution in [2.24, 2.45) is 5.92 Å². The number of imidazole rings is 1. The van der Waals surface area contributed by atoms with Crippen LogP contribution >= 0.6 is 0 Å². The summed E-state index contributed by atoms with van der Waals surface area (Å²) >= 11 is 0. The minimum absolute atomic E-state index is 0.00927. The lowest BCUT2D eigenvalue weighted by molar-refractivity contribution is -0.119. The zero-order chi connectivity index (χ0) is 33.5. The number of nitrogens with zero attached hydrogens (tertiary/aromatic N) is 4. The SMILES string of the molecule is CN(C(=O)CC1CCCC1)c1ccc2c(c1)nc(NC(=O)c1ccc(C#N)cc1)n2[C@H](COC(=O)c1ccccc1)Cc1ccccc1. The number of nitriles is 1. The first kappa shape index (κ1) is 32.2. The fourth-order valence-corrected chi connectivity index (χ4v) is 6.31. The Labute approximate surface area is 279 Å². The van der Waals surface area contributed by atoms with Crippen molar-refractivity contribution in [3.63, 3.8) is 0 Å². The van der Waals surface area contributed by atoms with Crippen LogP contribution < -0.4 is 10.2 Å². The molecule has 1 aliphatic carbocycles. The van der Waals surface area contributed by atoms with Gasteiger partial charge in [0.15, 0.2) is 0 Å². The summed E-state index contributed by atoms with van der Waals surface area (Å²) in [7, 11) is 1.78. The lowest BCUT2D eigenvalue weighted by Crippen LogP contribution is -2.27. The molecule has 6 rings (SSSR count). The van der Waals surface area contributed by atoms with Gasteiger partial charge in [0.1, 0.15) is 6.61 Å². The fraction of sp³-hybridized carbons (Fsp3) is 0.256. The van der Waals surface area contributed by atoms with Crippen LogP contribution in [0.3, 0.4) is 0 Å². The van der Waals surface area contributed by atoms with Gasteiger partial charge >= 0.3 is 5.97 Å². The summed E-state index contributed by atoms with van der Waals surface area (Å²) in [5, 5.41) is 12.2. The van der Waals surface area contributed by atoms with E-state index in [2.05, 4.69) is 11.4 Å². The highest BCUT2D eigenvalue weighted by Gasteiger charge is 2.26. The Bertz CT molecular complexity index is 1940. The highest BCUT2D eigenvalue weighted by Crippen LogP contribution is 2.32. The smallest absolute Gasteiger partial charge is 0.338 e. The molecule has 1 heterocycles. The topological polar surface area (TPSA) is 117 Å². The molecule has 1 atom stereocenters. The average Bonchev–Trinajstić information content (AvgIpc) is 3.77. The first-order chi connectivity index (χ1) is 23.4. The van der Waals surface area contributed by atoms with Gasteiger partial charge in [0.05, 0.1) is 34.3 Å². The Kier molecular flexibility index (Phi) is 9.91. The maximum Gasteiger partial charge on any atom is 0.338 e. The summed E-state index contributed by atoms with van der Waals surface area (Å²) in [5.41, 5.74) is 4.25. The van der Waals surface area contributed by atoms with Crippen LogP contribution in [-0.2, 0) is 16.0 Å². The molecule has 2 amide bonds. The minimum Gasteiger partial charge on any atom is -0.460 e. The largest absolute Gasteiger partial charge is 0.460 e. The van der Waals surface area contributed by atoms with Crippen LogP contribution in [0.2, 0.25) is 0 Å². The highest BCUT2D eigenvalue weighted by atomic mass is 16.5. The molecule has 242 valence electrons. The van der Waals surface area contributed by atoms with Gasteiger partial charge in [-0.15, -0.1) is 0 Å². The first-order valence-electron chi connectivity index (χ1n) is 16.3. The molecule has 48 heavy (non-hydrogen) atoms. The Morgan fingerprint density at radius 3 is 2.31 bits per heavy atom.